The highest BCUT2D eigenvalue weighted by Crippen LogP contribution is 2.50. The first-order valence-electron chi connectivity index (χ1n) is 8.86. The molecule has 0 spiro atoms. The summed E-state index contributed by atoms with van der Waals surface area (Å²) in [7, 11) is 0. The molecule has 0 fully saturated rings. The third kappa shape index (κ3) is 2.38. The molecule has 0 saturated heterocycles. The average Bonchev–Trinajstić information content (AvgIpc) is 2.92. The molecule has 2 aliphatic carbocycles. The molecular formula is C23H18N2S. The van der Waals surface area contributed by atoms with Crippen LogP contribution in [0.5, 0.6) is 0 Å². The Kier molecular flexibility index (Phi) is 3.65. The van der Waals surface area contributed by atoms with Gasteiger partial charge >= 0.3 is 0 Å². The van der Waals surface area contributed by atoms with Gasteiger partial charge in [-0.25, -0.2) is 0 Å². The Bertz CT molecular complexity index is 1060. The third-order valence-corrected chi connectivity index (χ3v) is 6.17. The fourth-order valence-corrected chi connectivity index (χ4v) is 4.88. The lowest BCUT2D eigenvalue weighted by atomic mass is 9.93. The maximum Gasteiger partial charge on any atom is 0.0598 e. The van der Waals surface area contributed by atoms with Crippen LogP contribution in [-0.2, 0) is 6.42 Å². The van der Waals surface area contributed by atoms with E-state index in [-0.39, 0.29) is 0 Å². The van der Waals surface area contributed by atoms with Crippen molar-refractivity contribution in [2.24, 2.45) is 0 Å². The zero-order valence-corrected chi connectivity index (χ0v) is 15.1. The average molecular weight is 354 g/mol. The predicted octanol–water partition coefficient (Wildman–Crippen LogP) is 5.65. The normalized spacial score (nSPS) is 17.0. The summed E-state index contributed by atoms with van der Waals surface area (Å²) >= 11 is 1.83. The van der Waals surface area contributed by atoms with Gasteiger partial charge in [0.25, 0.3) is 0 Å². The Hall–Kier alpha value is -2.83. The van der Waals surface area contributed by atoms with Crippen molar-refractivity contribution in [3.63, 3.8) is 0 Å². The topological polar surface area (TPSA) is 29.3 Å². The van der Waals surface area contributed by atoms with Gasteiger partial charge in [-0.05, 0) is 54.8 Å². The number of fused-ring (bicyclic) bond motifs is 2. The second-order valence-corrected chi connectivity index (χ2v) is 7.64. The fourth-order valence-electron chi connectivity index (χ4n) is 3.81. The standard InChI is InChI=1S/C23H18N2S/c24-18-14-15-19(17-9-5-4-8-16(17)18)25-20-10-2-1-3-12-22(20)26-23-13-7-6-11-21(23)25/h3-4,6-8,11-15H,5,9-10,24H2. The van der Waals surface area contributed by atoms with Crippen molar-refractivity contribution >= 4 is 34.9 Å². The fraction of sp³-hybridized carbons (Fsp3) is 0.130. The molecule has 2 aromatic carbocycles. The van der Waals surface area contributed by atoms with Crippen LogP contribution in [0.3, 0.4) is 0 Å². The number of allylic oxidation sites excluding steroid dienone is 4. The van der Waals surface area contributed by atoms with Crippen LogP contribution in [0, 0.1) is 11.8 Å². The summed E-state index contributed by atoms with van der Waals surface area (Å²) in [5, 5.41) is 0. The van der Waals surface area contributed by atoms with Crippen molar-refractivity contribution < 1.29 is 0 Å². The van der Waals surface area contributed by atoms with Crippen LogP contribution in [0.2, 0.25) is 0 Å². The van der Waals surface area contributed by atoms with Gasteiger partial charge in [0.05, 0.1) is 12.1 Å². The first-order valence-corrected chi connectivity index (χ1v) is 9.67. The van der Waals surface area contributed by atoms with Crippen LogP contribution < -0.4 is 10.6 Å². The van der Waals surface area contributed by atoms with E-state index in [2.05, 4.69) is 65.3 Å². The van der Waals surface area contributed by atoms with Crippen molar-refractivity contribution in [3.8, 4) is 11.8 Å². The van der Waals surface area contributed by atoms with E-state index in [1.54, 1.807) is 0 Å². The molecule has 126 valence electrons. The molecule has 0 saturated carbocycles. The number of nitrogen functional groups attached to an aromatic ring is 1. The minimum Gasteiger partial charge on any atom is -0.398 e. The molecule has 0 aromatic heterocycles. The van der Waals surface area contributed by atoms with E-state index >= 15 is 0 Å². The summed E-state index contributed by atoms with van der Waals surface area (Å²) in [5.74, 6) is 6.41. The van der Waals surface area contributed by atoms with Gasteiger partial charge in [0.1, 0.15) is 0 Å². The molecule has 2 N–H and O–H groups in total. The molecule has 0 unspecified atom stereocenters. The second kappa shape index (κ2) is 6.16. The first kappa shape index (κ1) is 15.4. The molecule has 26 heavy (non-hydrogen) atoms. The van der Waals surface area contributed by atoms with Gasteiger partial charge in [-0.2, -0.15) is 0 Å². The lowest BCUT2D eigenvalue weighted by molar-refractivity contribution is 0.963. The lowest BCUT2D eigenvalue weighted by Gasteiger charge is -2.36. The third-order valence-electron chi connectivity index (χ3n) is 5.01. The van der Waals surface area contributed by atoms with Gasteiger partial charge in [0.15, 0.2) is 0 Å². The smallest absolute Gasteiger partial charge is 0.0598 e. The summed E-state index contributed by atoms with van der Waals surface area (Å²) in [4.78, 5) is 4.94. The van der Waals surface area contributed by atoms with Crippen molar-refractivity contribution in [2.45, 2.75) is 24.2 Å². The van der Waals surface area contributed by atoms with Gasteiger partial charge in [0, 0.05) is 32.4 Å². The van der Waals surface area contributed by atoms with E-state index in [9.17, 15) is 0 Å². The summed E-state index contributed by atoms with van der Waals surface area (Å²) < 4.78 is 0. The van der Waals surface area contributed by atoms with Crippen molar-refractivity contribution in [2.75, 3.05) is 10.6 Å². The summed E-state index contributed by atoms with van der Waals surface area (Å²) in [6.07, 6.45) is 11.3. The highest BCUT2D eigenvalue weighted by Gasteiger charge is 2.28. The van der Waals surface area contributed by atoms with E-state index in [1.165, 1.54) is 38.0 Å². The first-order chi connectivity index (χ1) is 12.8. The number of thioether (sulfide) groups is 1. The number of nitrogens with zero attached hydrogens (tertiary/aromatic N) is 1. The summed E-state index contributed by atoms with van der Waals surface area (Å²) in [5.41, 5.74) is 13.4. The Morgan fingerprint density at radius 1 is 1.04 bits per heavy atom. The molecule has 3 heteroatoms. The highest BCUT2D eigenvalue weighted by atomic mass is 32.2. The number of anilines is 3. The van der Waals surface area contributed by atoms with Crippen molar-refractivity contribution in [3.05, 3.63) is 76.4 Å². The maximum absolute atomic E-state index is 6.27. The SMILES string of the molecule is Nc1ccc(N2C3=C(C=CC#CC3)Sc3ccccc32)c2c1C=CCC2. The van der Waals surface area contributed by atoms with Gasteiger partial charge in [-0.15, -0.1) is 0 Å². The highest BCUT2D eigenvalue weighted by molar-refractivity contribution is 8.03. The Labute approximate surface area is 158 Å². The maximum atomic E-state index is 6.27. The Balaban J connectivity index is 1.78. The van der Waals surface area contributed by atoms with E-state index < -0.39 is 0 Å². The second-order valence-electron chi connectivity index (χ2n) is 6.55. The zero-order valence-electron chi connectivity index (χ0n) is 14.3. The molecule has 2 aromatic rings. The van der Waals surface area contributed by atoms with E-state index in [1.807, 2.05) is 23.9 Å². The molecule has 5 rings (SSSR count). The van der Waals surface area contributed by atoms with Crippen molar-refractivity contribution in [1.29, 1.82) is 0 Å². The molecule has 0 radical (unpaired) electrons. The number of nitrogens with two attached hydrogens (primary N) is 1. The van der Waals surface area contributed by atoms with Crippen molar-refractivity contribution in [1.82, 2.24) is 0 Å². The molecule has 1 aliphatic heterocycles. The number of rotatable bonds is 1. The van der Waals surface area contributed by atoms with Crippen LogP contribution in [-0.4, -0.2) is 0 Å². The van der Waals surface area contributed by atoms with E-state index in [0.29, 0.717) is 0 Å². The van der Waals surface area contributed by atoms with Crippen LogP contribution in [0.4, 0.5) is 17.1 Å². The number of hydrogen-bond donors (Lipinski definition) is 1. The van der Waals surface area contributed by atoms with E-state index in [4.69, 9.17) is 5.73 Å². The van der Waals surface area contributed by atoms with Gasteiger partial charge < -0.3 is 10.6 Å². The van der Waals surface area contributed by atoms with Gasteiger partial charge in [0.2, 0.25) is 0 Å². The molecule has 3 aliphatic rings. The minimum absolute atomic E-state index is 0.749. The number of para-hydroxylation sites is 1. The van der Waals surface area contributed by atoms with Gasteiger partial charge in [-0.3, -0.25) is 0 Å². The number of benzene rings is 2. The number of hydrogen-bond acceptors (Lipinski definition) is 3. The monoisotopic (exact) mass is 354 g/mol. The largest absolute Gasteiger partial charge is 0.398 e. The molecule has 0 atom stereocenters. The predicted molar refractivity (Wildman–Crippen MR) is 111 cm³/mol. The van der Waals surface area contributed by atoms with E-state index in [0.717, 1.165) is 24.9 Å². The van der Waals surface area contributed by atoms with Gasteiger partial charge in [-0.1, -0.05) is 47.9 Å². The van der Waals surface area contributed by atoms with Crippen LogP contribution in [0.1, 0.15) is 24.0 Å². The molecule has 0 amide bonds. The summed E-state index contributed by atoms with van der Waals surface area (Å²) in [6, 6.07) is 12.8. The Morgan fingerprint density at radius 2 is 1.96 bits per heavy atom. The van der Waals surface area contributed by atoms with Crippen LogP contribution >= 0.6 is 11.8 Å². The van der Waals surface area contributed by atoms with Crippen LogP contribution in [0.25, 0.3) is 6.08 Å². The molecule has 1 heterocycles. The molecule has 0 bridgehead atoms. The molecular weight excluding hydrogens is 336 g/mol. The lowest BCUT2D eigenvalue weighted by Crippen LogP contribution is -2.23. The molecule has 2 nitrogen and oxygen atoms in total. The zero-order chi connectivity index (χ0) is 17.5. The Morgan fingerprint density at radius 3 is 2.92 bits per heavy atom. The summed E-state index contributed by atoms with van der Waals surface area (Å²) in [6.45, 7) is 0. The minimum atomic E-state index is 0.749. The van der Waals surface area contributed by atoms with Crippen LogP contribution in [0.15, 0.2) is 70.1 Å². The quantitative estimate of drug-likeness (QED) is 0.530.